The highest BCUT2D eigenvalue weighted by molar-refractivity contribution is 7.89. The van der Waals surface area contributed by atoms with E-state index >= 15 is 0 Å². The van der Waals surface area contributed by atoms with Crippen LogP contribution in [0.3, 0.4) is 0 Å². The van der Waals surface area contributed by atoms with Gasteiger partial charge in [-0.15, -0.1) is 0 Å². The lowest BCUT2D eigenvalue weighted by atomic mass is 10.2. The SMILES string of the molecule is CCCCS(=O)(=O)NCCCN1CCCCCC1=O. The number of hydrogen-bond acceptors (Lipinski definition) is 3. The van der Waals surface area contributed by atoms with E-state index in [1.54, 1.807) is 0 Å². The third-order valence-electron chi connectivity index (χ3n) is 3.36. The zero-order valence-electron chi connectivity index (χ0n) is 11.9. The molecule has 0 saturated carbocycles. The van der Waals surface area contributed by atoms with Crippen molar-refractivity contribution in [2.24, 2.45) is 0 Å². The van der Waals surface area contributed by atoms with Crippen molar-refractivity contribution in [3.8, 4) is 0 Å². The summed E-state index contributed by atoms with van der Waals surface area (Å²) in [6.45, 7) is 3.88. The molecule has 6 heteroatoms. The Morgan fingerprint density at radius 1 is 1.21 bits per heavy atom. The number of sulfonamides is 1. The molecule has 1 amide bonds. The smallest absolute Gasteiger partial charge is 0.222 e. The van der Waals surface area contributed by atoms with E-state index in [0.717, 1.165) is 32.2 Å². The summed E-state index contributed by atoms with van der Waals surface area (Å²) in [4.78, 5) is 13.6. The summed E-state index contributed by atoms with van der Waals surface area (Å²) in [5, 5.41) is 0. The predicted octanol–water partition coefficient (Wildman–Crippen LogP) is 1.50. The zero-order valence-corrected chi connectivity index (χ0v) is 12.7. The third kappa shape index (κ3) is 6.92. The van der Waals surface area contributed by atoms with Crippen LogP contribution >= 0.6 is 0 Å². The molecule has 1 fully saturated rings. The fourth-order valence-corrected chi connectivity index (χ4v) is 3.45. The summed E-state index contributed by atoms with van der Waals surface area (Å²) in [6, 6.07) is 0. The van der Waals surface area contributed by atoms with Crippen LogP contribution in [0.4, 0.5) is 0 Å². The van der Waals surface area contributed by atoms with E-state index in [-0.39, 0.29) is 11.7 Å². The van der Waals surface area contributed by atoms with Crippen molar-refractivity contribution in [2.75, 3.05) is 25.4 Å². The van der Waals surface area contributed by atoms with Gasteiger partial charge in [-0.1, -0.05) is 19.8 Å². The second kappa shape index (κ2) is 8.53. The first-order valence-electron chi connectivity index (χ1n) is 7.30. The first-order chi connectivity index (χ1) is 9.05. The van der Waals surface area contributed by atoms with Gasteiger partial charge in [0.15, 0.2) is 0 Å². The molecule has 0 radical (unpaired) electrons. The number of unbranched alkanes of at least 4 members (excludes halogenated alkanes) is 1. The molecule has 0 aliphatic carbocycles. The number of nitrogens with zero attached hydrogens (tertiary/aromatic N) is 1. The van der Waals surface area contributed by atoms with Crippen molar-refractivity contribution in [3.63, 3.8) is 0 Å². The number of likely N-dealkylation sites (tertiary alicyclic amines) is 1. The molecule has 5 nitrogen and oxygen atoms in total. The van der Waals surface area contributed by atoms with Crippen LogP contribution in [0.25, 0.3) is 0 Å². The van der Waals surface area contributed by atoms with Gasteiger partial charge < -0.3 is 4.90 Å². The molecule has 0 aromatic heterocycles. The van der Waals surface area contributed by atoms with E-state index in [1.165, 1.54) is 0 Å². The van der Waals surface area contributed by atoms with E-state index in [1.807, 2.05) is 11.8 Å². The molecule has 1 N–H and O–H groups in total. The Bertz CT molecular complexity index is 368. The van der Waals surface area contributed by atoms with E-state index in [9.17, 15) is 13.2 Å². The Kier molecular flexibility index (Phi) is 7.38. The second-order valence-corrected chi connectivity index (χ2v) is 7.04. The van der Waals surface area contributed by atoms with Crippen LogP contribution < -0.4 is 4.72 Å². The van der Waals surface area contributed by atoms with Crippen LogP contribution in [-0.2, 0) is 14.8 Å². The Morgan fingerprint density at radius 3 is 2.74 bits per heavy atom. The number of hydrogen-bond donors (Lipinski definition) is 1. The summed E-state index contributed by atoms with van der Waals surface area (Å²) >= 11 is 0. The van der Waals surface area contributed by atoms with Crippen molar-refractivity contribution >= 4 is 15.9 Å². The van der Waals surface area contributed by atoms with Crippen LogP contribution in [0.1, 0.15) is 51.9 Å². The van der Waals surface area contributed by atoms with Crippen molar-refractivity contribution in [1.29, 1.82) is 0 Å². The lowest BCUT2D eigenvalue weighted by Gasteiger charge is -2.20. The molecule has 0 spiro atoms. The van der Waals surface area contributed by atoms with Crippen LogP contribution in [0.15, 0.2) is 0 Å². The number of carbonyl (C=O) groups excluding carboxylic acids is 1. The third-order valence-corrected chi connectivity index (χ3v) is 4.83. The highest BCUT2D eigenvalue weighted by atomic mass is 32.2. The largest absolute Gasteiger partial charge is 0.343 e. The van der Waals surface area contributed by atoms with Gasteiger partial charge >= 0.3 is 0 Å². The number of rotatable bonds is 8. The summed E-state index contributed by atoms with van der Waals surface area (Å²) in [6.07, 6.45) is 6.07. The van der Waals surface area contributed by atoms with Gasteiger partial charge in [-0.2, -0.15) is 0 Å². The van der Waals surface area contributed by atoms with Crippen LogP contribution in [0.2, 0.25) is 0 Å². The first-order valence-corrected chi connectivity index (χ1v) is 8.95. The Morgan fingerprint density at radius 2 is 2.00 bits per heavy atom. The first kappa shape index (κ1) is 16.4. The molecule has 1 aliphatic rings. The van der Waals surface area contributed by atoms with Crippen molar-refractivity contribution in [3.05, 3.63) is 0 Å². The zero-order chi connectivity index (χ0) is 14.1. The minimum atomic E-state index is -3.12. The van der Waals surface area contributed by atoms with E-state index in [0.29, 0.717) is 32.4 Å². The predicted molar refractivity (Wildman–Crippen MR) is 76.4 cm³/mol. The van der Waals surface area contributed by atoms with Crippen molar-refractivity contribution in [2.45, 2.75) is 51.9 Å². The summed E-state index contributed by atoms with van der Waals surface area (Å²) in [5.41, 5.74) is 0. The molecule has 0 unspecified atom stereocenters. The van der Waals surface area contributed by atoms with Gasteiger partial charge in [-0.05, 0) is 25.7 Å². The summed E-state index contributed by atoms with van der Waals surface area (Å²) in [5.74, 6) is 0.415. The molecule has 1 saturated heterocycles. The topological polar surface area (TPSA) is 66.5 Å². The van der Waals surface area contributed by atoms with Gasteiger partial charge in [0, 0.05) is 26.1 Å². The Hall–Kier alpha value is -0.620. The van der Waals surface area contributed by atoms with Gasteiger partial charge in [0.2, 0.25) is 15.9 Å². The quantitative estimate of drug-likeness (QED) is 0.689. The van der Waals surface area contributed by atoms with Crippen molar-refractivity contribution < 1.29 is 13.2 Å². The minimum Gasteiger partial charge on any atom is -0.343 e. The normalized spacial score (nSPS) is 17.5. The molecule has 0 aromatic carbocycles. The number of carbonyl (C=O) groups is 1. The standard InChI is InChI=1S/C13H26N2O3S/c1-2-3-12-19(17,18)14-9-7-11-15-10-6-4-5-8-13(15)16/h14H,2-12H2,1H3. The van der Waals surface area contributed by atoms with Crippen LogP contribution in [0, 0.1) is 0 Å². The van der Waals surface area contributed by atoms with Crippen molar-refractivity contribution in [1.82, 2.24) is 9.62 Å². The molecule has 19 heavy (non-hydrogen) atoms. The van der Waals surface area contributed by atoms with Gasteiger partial charge in [-0.25, -0.2) is 13.1 Å². The molecular weight excluding hydrogens is 264 g/mol. The molecule has 112 valence electrons. The molecule has 1 rings (SSSR count). The number of nitrogens with one attached hydrogen (secondary N) is 1. The van der Waals surface area contributed by atoms with Gasteiger partial charge in [0.1, 0.15) is 0 Å². The van der Waals surface area contributed by atoms with Gasteiger partial charge in [0.25, 0.3) is 0 Å². The fourth-order valence-electron chi connectivity index (χ4n) is 2.18. The molecular formula is C13H26N2O3S. The highest BCUT2D eigenvalue weighted by Gasteiger charge is 2.16. The second-order valence-electron chi connectivity index (χ2n) is 5.11. The molecule has 0 bridgehead atoms. The average molecular weight is 290 g/mol. The van der Waals surface area contributed by atoms with Crippen LogP contribution in [-0.4, -0.2) is 44.6 Å². The molecule has 0 aromatic rings. The Balaban J connectivity index is 2.20. The summed E-state index contributed by atoms with van der Waals surface area (Å²) in [7, 11) is -3.12. The van der Waals surface area contributed by atoms with E-state index in [4.69, 9.17) is 0 Å². The summed E-state index contributed by atoms with van der Waals surface area (Å²) < 4.78 is 25.7. The lowest BCUT2D eigenvalue weighted by Crippen LogP contribution is -2.34. The van der Waals surface area contributed by atoms with Gasteiger partial charge in [-0.3, -0.25) is 4.79 Å². The maximum absolute atomic E-state index is 11.7. The monoisotopic (exact) mass is 290 g/mol. The minimum absolute atomic E-state index is 0.201. The maximum atomic E-state index is 11.7. The number of amides is 1. The Labute approximate surface area is 116 Å². The lowest BCUT2D eigenvalue weighted by molar-refractivity contribution is -0.130. The van der Waals surface area contributed by atoms with Crippen LogP contribution in [0.5, 0.6) is 0 Å². The van der Waals surface area contributed by atoms with E-state index < -0.39 is 10.0 Å². The molecule has 0 atom stereocenters. The highest BCUT2D eigenvalue weighted by Crippen LogP contribution is 2.11. The molecule has 1 heterocycles. The fraction of sp³-hybridized carbons (Fsp3) is 0.923. The van der Waals surface area contributed by atoms with E-state index in [2.05, 4.69) is 4.72 Å². The van der Waals surface area contributed by atoms with Gasteiger partial charge in [0.05, 0.1) is 5.75 Å². The molecule has 1 aliphatic heterocycles. The average Bonchev–Trinajstić information content (AvgIpc) is 2.57. The maximum Gasteiger partial charge on any atom is 0.222 e.